The average molecular weight is 361 g/mol. The number of fused-ring (bicyclic) bond motifs is 1. The van der Waals surface area contributed by atoms with Gasteiger partial charge in [-0.15, -0.1) is 5.10 Å². The summed E-state index contributed by atoms with van der Waals surface area (Å²) < 4.78 is 29.4. The van der Waals surface area contributed by atoms with E-state index in [0.29, 0.717) is 32.5 Å². The summed E-state index contributed by atoms with van der Waals surface area (Å²) in [5.74, 6) is 0.0688. The third kappa shape index (κ3) is 3.32. The van der Waals surface area contributed by atoms with E-state index in [-0.39, 0.29) is 23.3 Å². The number of hydrogen-bond acceptors (Lipinski definition) is 4. The highest BCUT2D eigenvalue weighted by Crippen LogP contribution is 2.27. The van der Waals surface area contributed by atoms with Crippen LogP contribution in [0.2, 0.25) is 0 Å². The van der Waals surface area contributed by atoms with Gasteiger partial charge in [0.05, 0.1) is 0 Å². The van der Waals surface area contributed by atoms with Crippen LogP contribution in [0.15, 0.2) is 18.2 Å². The van der Waals surface area contributed by atoms with Crippen LogP contribution >= 0.6 is 0 Å². The second-order valence-corrected chi connectivity index (χ2v) is 7.18. The van der Waals surface area contributed by atoms with E-state index in [1.807, 2.05) is 4.90 Å². The van der Waals surface area contributed by atoms with E-state index < -0.39 is 11.6 Å². The van der Waals surface area contributed by atoms with Crippen molar-refractivity contribution in [2.45, 2.75) is 38.6 Å². The third-order valence-corrected chi connectivity index (χ3v) is 5.55. The SMILES string of the molecule is O=C(C1CCn2nnnc2C1)N1CCC(Cc2c(F)cccc2F)CC1. The van der Waals surface area contributed by atoms with E-state index >= 15 is 0 Å². The number of hydrogen-bond donors (Lipinski definition) is 0. The molecule has 1 atom stereocenters. The summed E-state index contributed by atoms with van der Waals surface area (Å²) in [6.45, 7) is 1.95. The topological polar surface area (TPSA) is 63.9 Å². The van der Waals surface area contributed by atoms with Gasteiger partial charge in [-0.05, 0) is 54.2 Å². The molecule has 2 aromatic rings. The van der Waals surface area contributed by atoms with Crippen LogP contribution < -0.4 is 0 Å². The number of piperidine rings is 1. The van der Waals surface area contributed by atoms with E-state index in [9.17, 15) is 13.6 Å². The minimum Gasteiger partial charge on any atom is -0.342 e. The van der Waals surface area contributed by atoms with Gasteiger partial charge in [-0.3, -0.25) is 4.79 Å². The Morgan fingerprint density at radius 2 is 1.85 bits per heavy atom. The van der Waals surface area contributed by atoms with Gasteiger partial charge in [0.2, 0.25) is 5.91 Å². The zero-order valence-electron chi connectivity index (χ0n) is 14.4. The second-order valence-electron chi connectivity index (χ2n) is 7.18. The maximum Gasteiger partial charge on any atom is 0.226 e. The highest BCUT2D eigenvalue weighted by Gasteiger charge is 2.32. The molecule has 2 aliphatic heterocycles. The Labute approximate surface area is 150 Å². The van der Waals surface area contributed by atoms with Crippen LogP contribution in [0.3, 0.4) is 0 Å². The molecule has 4 rings (SSSR count). The predicted molar refractivity (Wildman–Crippen MR) is 89.0 cm³/mol. The Morgan fingerprint density at radius 3 is 2.58 bits per heavy atom. The van der Waals surface area contributed by atoms with Crippen molar-refractivity contribution in [3.8, 4) is 0 Å². The lowest BCUT2D eigenvalue weighted by atomic mass is 9.88. The van der Waals surface area contributed by atoms with Crippen LogP contribution in [0.4, 0.5) is 8.78 Å². The number of rotatable bonds is 3. The molecular weight excluding hydrogens is 340 g/mol. The zero-order valence-corrected chi connectivity index (χ0v) is 14.4. The van der Waals surface area contributed by atoms with Crippen LogP contribution in [0.25, 0.3) is 0 Å². The lowest BCUT2D eigenvalue weighted by molar-refractivity contribution is -0.137. The molecule has 0 aliphatic carbocycles. The van der Waals surface area contributed by atoms with Crippen LogP contribution in [0.5, 0.6) is 0 Å². The van der Waals surface area contributed by atoms with E-state index in [4.69, 9.17) is 0 Å². The first kappa shape index (κ1) is 17.1. The van der Waals surface area contributed by atoms with Crippen molar-refractivity contribution in [3.05, 3.63) is 41.2 Å². The third-order valence-electron chi connectivity index (χ3n) is 5.55. The molecule has 8 heteroatoms. The van der Waals surface area contributed by atoms with Crippen molar-refractivity contribution in [2.24, 2.45) is 11.8 Å². The summed E-state index contributed by atoms with van der Waals surface area (Å²) in [5.41, 5.74) is 0.163. The van der Waals surface area contributed by atoms with E-state index in [0.717, 1.165) is 25.1 Å². The highest BCUT2D eigenvalue weighted by atomic mass is 19.1. The number of aromatic nitrogens is 4. The Bertz CT molecular complexity index is 780. The van der Waals surface area contributed by atoms with Crippen molar-refractivity contribution in [1.29, 1.82) is 0 Å². The van der Waals surface area contributed by atoms with Crippen LogP contribution in [-0.2, 0) is 24.2 Å². The fourth-order valence-electron chi connectivity index (χ4n) is 3.99. The van der Waals surface area contributed by atoms with Crippen LogP contribution in [-0.4, -0.2) is 44.1 Å². The molecule has 3 heterocycles. The first-order valence-electron chi connectivity index (χ1n) is 9.08. The molecule has 0 N–H and O–H groups in total. The van der Waals surface area contributed by atoms with Gasteiger partial charge < -0.3 is 4.90 Å². The number of benzene rings is 1. The molecule has 0 spiro atoms. The lowest BCUT2D eigenvalue weighted by Crippen LogP contribution is -2.44. The molecule has 138 valence electrons. The van der Waals surface area contributed by atoms with Crippen LogP contribution in [0.1, 0.15) is 30.7 Å². The summed E-state index contributed by atoms with van der Waals surface area (Å²) in [4.78, 5) is 14.7. The van der Waals surface area contributed by atoms with E-state index in [2.05, 4.69) is 15.5 Å². The van der Waals surface area contributed by atoms with E-state index in [1.165, 1.54) is 18.2 Å². The number of amides is 1. The minimum absolute atomic E-state index is 0.0749. The van der Waals surface area contributed by atoms with Gasteiger partial charge >= 0.3 is 0 Å². The van der Waals surface area contributed by atoms with Crippen molar-refractivity contribution >= 4 is 5.91 Å². The molecule has 0 bridgehead atoms. The number of aryl methyl sites for hydroxylation is 1. The Hall–Kier alpha value is -2.38. The van der Waals surface area contributed by atoms with Gasteiger partial charge in [0.15, 0.2) is 5.82 Å². The van der Waals surface area contributed by atoms with Gasteiger partial charge in [-0.25, -0.2) is 13.5 Å². The average Bonchev–Trinajstić information content (AvgIpc) is 3.12. The van der Waals surface area contributed by atoms with Gasteiger partial charge in [0, 0.05) is 37.5 Å². The molecule has 1 fully saturated rings. The number of likely N-dealkylation sites (tertiary alicyclic amines) is 1. The molecule has 1 unspecified atom stereocenters. The predicted octanol–water partition coefficient (Wildman–Crippen LogP) is 1.99. The smallest absolute Gasteiger partial charge is 0.226 e. The normalized spacial score (nSPS) is 20.8. The second kappa shape index (κ2) is 7.09. The van der Waals surface area contributed by atoms with Crippen molar-refractivity contribution in [3.63, 3.8) is 0 Å². The van der Waals surface area contributed by atoms with Gasteiger partial charge in [-0.1, -0.05) is 6.07 Å². The van der Waals surface area contributed by atoms with Crippen molar-refractivity contribution in [1.82, 2.24) is 25.1 Å². The molecule has 1 amide bonds. The molecule has 1 aromatic heterocycles. The highest BCUT2D eigenvalue weighted by molar-refractivity contribution is 5.79. The summed E-state index contributed by atoms with van der Waals surface area (Å²) in [6.07, 6.45) is 3.25. The first-order chi connectivity index (χ1) is 12.6. The summed E-state index contributed by atoms with van der Waals surface area (Å²) in [5, 5.41) is 11.5. The van der Waals surface area contributed by atoms with Crippen molar-refractivity contribution < 1.29 is 13.6 Å². The summed E-state index contributed by atoms with van der Waals surface area (Å²) in [6, 6.07) is 3.98. The fourth-order valence-corrected chi connectivity index (χ4v) is 3.99. The minimum atomic E-state index is -0.483. The lowest BCUT2D eigenvalue weighted by Gasteiger charge is -2.35. The maximum atomic E-state index is 13.8. The molecule has 0 saturated carbocycles. The number of halogens is 2. The maximum absolute atomic E-state index is 13.8. The number of nitrogens with zero attached hydrogens (tertiary/aromatic N) is 5. The first-order valence-corrected chi connectivity index (χ1v) is 9.08. The molecule has 1 saturated heterocycles. The number of carbonyl (C=O) groups excluding carboxylic acids is 1. The molecule has 6 nitrogen and oxygen atoms in total. The zero-order chi connectivity index (χ0) is 18.1. The Kier molecular flexibility index (Phi) is 4.65. The van der Waals surface area contributed by atoms with E-state index in [1.54, 1.807) is 4.68 Å². The Morgan fingerprint density at radius 1 is 1.12 bits per heavy atom. The molecule has 0 radical (unpaired) electrons. The van der Waals surface area contributed by atoms with Gasteiger partial charge in [0.1, 0.15) is 11.6 Å². The van der Waals surface area contributed by atoms with Gasteiger partial charge in [-0.2, -0.15) is 0 Å². The molecule has 26 heavy (non-hydrogen) atoms. The summed E-state index contributed by atoms with van der Waals surface area (Å²) >= 11 is 0. The van der Waals surface area contributed by atoms with Crippen LogP contribution in [0, 0.1) is 23.5 Å². The number of carbonyl (C=O) groups is 1. The monoisotopic (exact) mass is 361 g/mol. The number of tetrazole rings is 1. The largest absolute Gasteiger partial charge is 0.342 e. The summed E-state index contributed by atoms with van der Waals surface area (Å²) in [7, 11) is 0. The molecule has 2 aliphatic rings. The molecular formula is C18H21F2N5O. The fraction of sp³-hybridized carbons (Fsp3) is 0.556. The standard InChI is InChI=1S/C18H21F2N5O/c19-15-2-1-3-16(20)14(15)10-12-4-7-24(8-5-12)18(26)13-6-9-25-17(11-13)21-22-23-25/h1-3,12-13H,4-11H2. The molecule has 1 aromatic carbocycles. The Balaban J connectivity index is 1.33. The van der Waals surface area contributed by atoms with Crippen molar-refractivity contribution in [2.75, 3.05) is 13.1 Å². The quantitative estimate of drug-likeness (QED) is 0.839. The van der Waals surface area contributed by atoms with Gasteiger partial charge in [0.25, 0.3) is 0 Å².